The number of nitrogens with zero attached hydrogens (tertiary/aromatic N) is 1. The number of hydrogen-bond acceptors (Lipinski definition) is 5. The molecule has 0 bridgehead atoms. The molecular weight excluding hydrogens is 346 g/mol. The lowest BCUT2D eigenvalue weighted by molar-refractivity contribution is -0.878. The maximum absolute atomic E-state index is 12.5. The van der Waals surface area contributed by atoms with Gasteiger partial charge < -0.3 is 29.3 Å². The number of rotatable bonds is 8. The minimum Gasteiger partial charge on any atom is -0.492 e. The van der Waals surface area contributed by atoms with Crippen LogP contribution in [0.2, 0.25) is 0 Å². The molecule has 2 aliphatic heterocycles. The average molecular weight is 378 g/mol. The molecule has 2 N–H and O–H groups in total. The first kappa shape index (κ1) is 19.8. The summed E-state index contributed by atoms with van der Waals surface area (Å²) in [5.74, 6) is 1.48. The monoisotopic (exact) mass is 378 g/mol. The van der Waals surface area contributed by atoms with E-state index in [0.29, 0.717) is 44.4 Å². The third-order valence-corrected chi connectivity index (χ3v) is 5.01. The van der Waals surface area contributed by atoms with Crippen LogP contribution in [0.15, 0.2) is 12.1 Å². The first-order valence-corrected chi connectivity index (χ1v) is 10.1. The molecule has 27 heavy (non-hydrogen) atoms. The van der Waals surface area contributed by atoms with Gasteiger partial charge in [-0.15, -0.1) is 0 Å². The van der Waals surface area contributed by atoms with Crippen molar-refractivity contribution in [3.8, 4) is 11.5 Å². The van der Waals surface area contributed by atoms with E-state index in [2.05, 4.69) is 10.2 Å². The van der Waals surface area contributed by atoms with Crippen LogP contribution in [0.25, 0.3) is 0 Å². The Hall–Kier alpha value is -1.99. The second kappa shape index (κ2) is 9.80. The Morgan fingerprint density at radius 3 is 2.44 bits per heavy atom. The summed E-state index contributed by atoms with van der Waals surface area (Å²) in [5.41, 5.74) is 1.67. The van der Waals surface area contributed by atoms with E-state index >= 15 is 0 Å². The predicted molar refractivity (Wildman–Crippen MR) is 105 cm³/mol. The zero-order valence-corrected chi connectivity index (χ0v) is 16.5. The molecule has 0 saturated carbocycles. The highest BCUT2D eigenvalue weighted by molar-refractivity contribution is 5.94. The van der Waals surface area contributed by atoms with Gasteiger partial charge in [0.05, 0.1) is 50.9 Å². The number of nitrogens with one attached hydrogen (secondary N) is 2. The van der Waals surface area contributed by atoms with Crippen molar-refractivity contribution in [3.63, 3.8) is 0 Å². The minimum atomic E-state index is 0.0226. The third kappa shape index (κ3) is 5.26. The summed E-state index contributed by atoms with van der Waals surface area (Å²) in [4.78, 5) is 16.1. The number of carbonyl (C=O) groups is 1. The van der Waals surface area contributed by atoms with Gasteiger partial charge >= 0.3 is 0 Å². The average Bonchev–Trinajstić information content (AvgIpc) is 3.17. The summed E-state index contributed by atoms with van der Waals surface area (Å²) >= 11 is 0. The molecule has 2 heterocycles. The molecule has 0 aliphatic carbocycles. The molecule has 7 nitrogen and oxygen atoms in total. The van der Waals surface area contributed by atoms with Crippen LogP contribution >= 0.6 is 0 Å². The van der Waals surface area contributed by atoms with E-state index in [4.69, 9.17) is 14.2 Å². The van der Waals surface area contributed by atoms with Crippen LogP contribution in [0, 0.1) is 0 Å². The molecular formula is C20H32N3O4+. The standard InChI is InChI=1S/C20H31N3O4/c1-3-26-18-14-17(23-9-11-25-12-10-23)19(27-4-2)13-16(18)21-20(24)15-22-7-5-6-8-22/h13-14H,3-12,15H2,1-2H3,(H,21,24)/p+1. The molecule has 7 heteroatoms. The van der Waals surface area contributed by atoms with Gasteiger partial charge in [-0.1, -0.05) is 0 Å². The van der Waals surface area contributed by atoms with E-state index in [-0.39, 0.29) is 5.91 Å². The van der Waals surface area contributed by atoms with Gasteiger partial charge in [0.2, 0.25) is 0 Å². The number of ether oxygens (including phenoxy) is 3. The van der Waals surface area contributed by atoms with Gasteiger partial charge in [0, 0.05) is 38.1 Å². The highest BCUT2D eigenvalue weighted by Gasteiger charge is 2.23. The summed E-state index contributed by atoms with van der Waals surface area (Å²) < 4.78 is 17.2. The summed E-state index contributed by atoms with van der Waals surface area (Å²) in [5, 5.41) is 3.04. The quantitative estimate of drug-likeness (QED) is 0.705. The van der Waals surface area contributed by atoms with Gasteiger partial charge in [-0.25, -0.2) is 0 Å². The highest BCUT2D eigenvalue weighted by Crippen LogP contribution is 2.39. The number of likely N-dealkylation sites (tertiary alicyclic amines) is 1. The van der Waals surface area contributed by atoms with E-state index in [1.807, 2.05) is 26.0 Å². The molecule has 1 amide bonds. The fourth-order valence-corrected chi connectivity index (χ4v) is 3.72. The Morgan fingerprint density at radius 2 is 1.78 bits per heavy atom. The van der Waals surface area contributed by atoms with Crippen molar-refractivity contribution in [2.24, 2.45) is 0 Å². The van der Waals surface area contributed by atoms with Crippen LogP contribution < -0.4 is 24.6 Å². The largest absolute Gasteiger partial charge is 0.492 e. The van der Waals surface area contributed by atoms with Crippen molar-refractivity contribution >= 4 is 17.3 Å². The molecule has 0 atom stereocenters. The van der Waals surface area contributed by atoms with E-state index in [0.717, 1.165) is 37.6 Å². The number of quaternary nitrogens is 1. The van der Waals surface area contributed by atoms with Crippen LogP contribution in [-0.2, 0) is 9.53 Å². The molecule has 0 aromatic heterocycles. The lowest BCUT2D eigenvalue weighted by Gasteiger charge is -2.31. The maximum atomic E-state index is 12.5. The summed E-state index contributed by atoms with van der Waals surface area (Å²) in [6, 6.07) is 3.88. The van der Waals surface area contributed by atoms with Gasteiger partial charge in [0.15, 0.2) is 6.54 Å². The van der Waals surface area contributed by atoms with Crippen LogP contribution in [0.5, 0.6) is 11.5 Å². The Labute approximate surface area is 161 Å². The van der Waals surface area contributed by atoms with E-state index < -0.39 is 0 Å². The van der Waals surface area contributed by atoms with E-state index in [1.54, 1.807) is 0 Å². The number of anilines is 2. The van der Waals surface area contributed by atoms with Gasteiger partial charge in [0.25, 0.3) is 5.91 Å². The Kier molecular flexibility index (Phi) is 7.18. The second-order valence-electron chi connectivity index (χ2n) is 6.96. The normalized spacial score (nSPS) is 17.8. The third-order valence-electron chi connectivity index (χ3n) is 5.01. The van der Waals surface area contributed by atoms with Gasteiger partial charge in [-0.2, -0.15) is 0 Å². The summed E-state index contributed by atoms with van der Waals surface area (Å²) in [7, 11) is 0. The van der Waals surface area contributed by atoms with Crippen molar-refractivity contribution in [2.75, 3.05) is 69.4 Å². The van der Waals surface area contributed by atoms with Crippen LogP contribution in [0.3, 0.4) is 0 Å². The molecule has 2 aliphatic rings. The second-order valence-corrected chi connectivity index (χ2v) is 6.96. The van der Waals surface area contributed by atoms with Crippen molar-refractivity contribution in [2.45, 2.75) is 26.7 Å². The van der Waals surface area contributed by atoms with Crippen molar-refractivity contribution < 1.29 is 23.9 Å². The van der Waals surface area contributed by atoms with Crippen molar-refractivity contribution in [3.05, 3.63) is 12.1 Å². The Morgan fingerprint density at radius 1 is 1.11 bits per heavy atom. The zero-order valence-electron chi connectivity index (χ0n) is 16.5. The Balaban J connectivity index is 1.82. The molecule has 0 radical (unpaired) electrons. The fourth-order valence-electron chi connectivity index (χ4n) is 3.72. The smallest absolute Gasteiger partial charge is 0.279 e. The highest BCUT2D eigenvalue weighted by atomic mass is 16.5. The SMILES string of the molecule is CCOc1cc(N2CCOCC2)c(OCC)cc1NC(=O)C[NH+]1CCCC1. The Bertz CT molecular complexity index is 626. The van der Waals surface area contributed by atoms with Gasteiger partial charge in [-0.05, 0) is 13.8 Å². The van der Waals surface area contributed by atoms with Crippen molar-refractivity contribution in [1.82, 2.24) is 0 Å². The van der Waals surface area contributed by atoms with Crippen LogP contribution in [0.1, 0.15) is 26.7 Å². The molecule has 1 aromatic rings. The number of morpholine rings is 1. The number of hydrogen-bond donors (Lipinski definition) is 2. The van der Waals surface area contributed by atoms with Crippen LogP contribution in [-0.4, -0.2) is 65.1 Å². The van der Waals surface area contributed by atoms with E-state index in [9.17, 15) is 4.79 Å². The summed E-state index contributed by atoms with van der Waals surface area (Å²) in [6.07, 6.45) is 2.41. The first-order chi connectivity index (χ1) is 13.2. The molecule has 3 rings (SSSR count). The fraction of sp³-hybridized carbons (Fsp3) is 0.650. The zero-order chi connectivity index (χ0) is 19.1. The lowest BCUT2D eigenvalue weighted by Crippen LogP contribution is -3.11. The van der Waals surface area contributed by atoms with Gasteiger partial charge in [0.1, 0.15) is 11.5 Å². The lowest BCUT2D eigenvalue weighted by atomic mass is 10.2. The number of benzene rings is 1. The molecule has 2 saturated heterocycles. The molecule has 0 unspecified atom stereocenters. The minimum absolute atomic E-state index is 0.0226. The molecule has 1 aromatic carbocycles. The maximum Gasteiger partial charge on any atom is 0.279 e. The van der Waals surface area contributed by atoms with Crippen molar-refractivity contribution in [1.29, 1.82) is 0 Å². The summed E-state index contributed by atoms with van der Waals surface area (Å²) in [6.45, 7) is 10.7. The molecule has 150 valence electrons. The van der Waals surface area contributed by atoms with Crippen LogP contribution in [0.4, 0.5) is 11.4 Å². The molecule has 0 spiro atoms. The van der Waals surface area contributed by atoms with E-state index in [1.165, 1.54) is 17.7 Å². The van der Waals surface area contributed by atoms with Gasteiger partial charge in [-0.3, -0.25) is 4.79 Å². The topological polar surface area (TPSA) is 64.5 Å². The predicted octanol–water partition coefficient (Wildman–Crippen LogP) is 0.938. The number of carbonyl (C=O) groups excluding carboxylic acids is 1. The number of amides is 1. The molecule has 2 fully saturated rings. The first-order valence-electron chi connectivity index (χ1n) is 10.1.